The van der Waals surface area contributed by atoms with E-state index >= 15 is 0 Å². The molecule has 0 aliphatic heterocycles. The number of aliphatic hydroxyl groups excluding tert-OH is 1. The molecule has 0 saturated carbocycles. The van der Waals surface area contributed by atoms with E-state index in [0.29, 0.717) is 17.0 Å². The Hall–Kier alpha value is -2.27. The van der Waals surface area contributed by atoms with E-state index < -0.39 is 12.0 Å². The second-order valence-electron chi connectivity index (χ2n) is 4.96. The first-order valence-electron chi connectivity index (χ1n) is 6.39. The Kier molecular flexibility index (Phi) is 4.10. The summed E-state index contributed by atoms with van der Waals surface area (Å²) in [6, 6.07) is 6.94. The van der Waals surface area contributed by atoms with E-state index in [1.165, 1.54) is 6.20 Å². The molecule has 1 atom stereocenters. The molecule has 0 fully saturated rings. The molecule has 3 N–H and O–H groups in total. The molecule has 0 aromatic carbocycles. The van der Waals surface area contributed by atoms with Crippen molar-refractivity contribution in [2.24, 2.45) is 11.7 Å². The Balaban J connectivity index is 2.23. The van der Waals surface area contributed by atoms with Gasteiger partial charge in [0, 0.05) is 12.4 Å². The normalized spacial score (nSPS) is 12.4. The van der Waals surface area contributed by atoms with Gasteiger partial charge in [-0.3, -0.25) is 14.8 Å². The summed E-state index contributed by atoms with van der Waals surface area (Å²) in [4.78, 5) is 19.4. The van der Waals surface area contributed by atoms with Gasteiger partial charge in [0.15, 0.2) is 0 Å². The first-order chi connectivity index (χ1) is 9.49. The third kappa shape index (κ3) is 3.00. The molecule has 0 radical (unpaired) electrons. The van der Waals surface area contributed by atoms with Gasteiger partial charge in [0.1, 0.15) is 0 Å². The number of carbonyl (C=O) groups is 1. The number of primary amides is 1. The van der Waals surface area contributed by atoms with Crippen LogP contribution in [0.3, 0.4) is 0 Å². The van der Waals surface area contributed by atoms with E-state index in [2.05, 4.69) is 9.97 Å². The number of rotatable bonds is 4. The lowest BCUT2D eigenvalue weighted by Crippen LogP contribution is -2.11. The standard InChI is InChI=1S/C15H17N3O2/c1-9(2)14(19)10-3-5-12(17-7-10)13-6-4-11(8-18-13)15(16)20/h3-9,14,19H,1-2H3,(H2,16,20). The van der Waals surface area contributed by atoms with Crippen molar-refractivity contribution in [1.82, 2.24) is 9.97 Å². The maximum atomic E-state index is 11.0. The highest BCUT2D eigenvalue weighted by atomic mass is 16.3. The number of aliphatic hydroxyl groups is 1. The lowest BCUT2D eigenvalue weighted by atomic mass is 10.0. The number of nitrogens with two attached hydrogens (primary N) is 1. The highest BCUT2D eigenvalue weighted by Gasteiger charge is 2.12. The van der Waals surface area contributed by atoms with Gasteiger partial charge in [-0.05, 0) is 29.7 Å². The van der Waals surface area contributed by atoms with E-state index in [1.807, 2.05) is 19.9 Å². The minimum Gasteiger partial charge on any atom is -0.388 e. The van der Waals surface area contributed by atoms with E-state index in [0.717, 1.165) is 5.56 Å². The minimum absolute atomic E-state index is 0.135. The average Bonchev–Trinajstić information content (AvgIpc) is 2.46. The Bertz CT molecular complexity index is 592. The molecule has 2 aromatic heterocycles. The molecule has 1 unspecified atom stereocenters. The van der Waals surface area contributed by atoms with Crippen LogP contribution in [-0.4, -0.2) is 21.0 Å². The Labute approximate surface area is 117 Å². The van der Waals surface area contributed by atoms with Gasteiger partial charge in [-0.25, -0.2) is 0 Å². The molecular formula is C15H17N3O2. The SMILES string of the molecule is CC(C)C(O)c1ccc(-c2ccc(C(N)=O)cn2)nc1. The highest BCUT2D eigenvalue weighted by Crippen LogP contribution is 2.22. The van der Waals surface area contributed by atoms with Gasteiger partial charge in [0.05, 0.1) is 23.1 Å². The molecule has 0 bridgehead atoms. The molecule has 2 rings (SSSR count). The average molecular weight is 271 g/mol. The van der Waals surface area contributed by atoms with Crippen LogP contribution in [0.5, 0.6) is 0 Å². The van der Waals surface area contributed by atoms with Crippen LogP contribution in [-0.2, 0) is 0 Å². The van der Waals surface area contributed by atoms with Crippen LogP contribution < -0.4 is 5.73 Å². The summed E-state index contributed by atoms with van der Waals surface area (Å²) in [7, 11) is 0. The molecule has 0 spiro atoms. The summed E-state index contributed by atoms with van der Waals surface area (Å²) in [5, 5.41) is 9.95. The van der Waals surface area contributed by atoms with Gasteiger partial charge < -0.3 is 10.8 Å². The smallest absolute Gasteiger partial charge is 0.250 e. The Morgan fingerprint density at radius 1 is 1.10 bits per heavy atom. The van der Waals surface area contributed by atoms with Crippen molar-refractivity contribution in [2.45, 2.75) is 20.0 Å². The van der Waals surface area contributed by atoms with Crippen LogP contribution in [0.15, 0.2) is 36.7 Å². The van der Waals surface area contributed by atoms with E-state index in [-0.39, 0.29) is 5.92 Å². The molecule has 0 aliphatic carbocycles. The van der Waals surface area contributed by atoms with Crippen molar-refractivity contribution < 1.29 is 9.90 Å². The zero-order valence-electron chi connectivity index (χ0n) is 11.4. The summed E-state index contributed by atoms with van der Waals surface area (Å²) in [5.74, 6) is -0.372. The van der Waals surface area contributed by atoms with Gasteiger partial charge in [-0.1, -0.05) is 19.9 Å². The summed E-state index contributed by atoms with van der Waals surface area (Å²) < 4.78 is 0. The van der Waals surface area contributed by atoms with Crippen molar-refractivity contribution >= 4 is 5.91 Å². The topological polar surface area (TPSA) is 89.1 Å². The predicted molar refractivity (Wildman–Crippen MR) is 75.8 cm³/mol. The quantitative estimate of drug-likeness (QED) is 0.889. The second kappa shape index (κ2) is 5.79. The molecule has 0 saturated heterocycles. The maximum Gasteiger partial charge on any atom is 0.250 e. The fourth-order valence-corrected chi connectivity index (χ4v) is 1.81. The number of hydrogen-bond acceptors (Lipinski definition) is 4. The number of aromatic nitrogens is 2. The minimum atomic E-state index is -0.526. The van der Waals surface area contributed by atoms with E-state index in [4.69, 9.17) is 5.73 Å². The number of nitrogens with zero attached hydrogens (tertiary/aromatic N) is 2. The van der Waals surface area contributed by atoms with Crippen LogP contribution in [0.25, 0.3) is 11.4 Å². The fraction of sp³-hybridized carbons (Fsp3) is 0.267. The number of pyridine rings is 2. The summed E-state index contributed by atoms with van der Waals surface area (Å²) in [6.45, 7) is 3.89. The fourth-order valence-electron chi connectivity index (χ4n) is 1.81. The van der Waals surface area contributed by atoms with Gasteiger partial charge in [0.2, 0.25) is 5.91 Å². The first-order valence-corrected chi connectivity index (χ1v) is 6.39. The second-order valence-corrected chi connectivity index (χ2v) is 4.96. The molecule has 5 heteroatoms. The zero-order chi connectivity index (χ0) is 14.7. The number of amides is 1. The van der Waals surface area contributed by atoms with Crippen molar-refractivity contribution in [3.8, 4) is 11.4 Å². The third-order valence-electron chi connectivity index (χ3n) is 3.07. The van der Waals surface area contributed by atoms with Crippen molar-refractivity contribution in [1.29, 1.82) is 0 Å². The first kappa shape index (κ1) is 14.1. The summed E-state index contributed by atoms with van der Waals surface area (Å²) in [6.07, 6.45) is 2.54. The maximum absolute atomic E-state index is 11.0. The molecular weight excluding hydrogens is 254 g/mol. The van der Waals surface area contributed by atoms with Crippen LogP contribution in [0.1, 0.15) is 35.9 Å². The predicted octanol–water partition coefficient (Wildman–Crippen LogP) is 1.93. The Morgan fingerprint density at radius 2 is 1.70 bits per heavy atom. The monoisotopic (exact) mass is 271 g/mol. The van der Waals surface area contributed by atoms with Crippen molar-refractivity contribution in [2.75, 3.05) is 0 Å². The van der Waals surface area contributed by atoms with E-state index in [9.17, 15) is 9.90 Å². The molecule has 2 aromatic rings. The molecule has 1 amide bonds. The molecule has 2 heterocycles. The highest BCUT2D eigenvalue weighted by molar-refractivity contribution is 5.92. The van der Waals surface area contributed by atoms with Gasteiger partial charge >= 0.3 is 0 Å². The van der Waals surface area contributed by atoms with Gasteiger partial charge in [0.25, 0.3) is 0 Å². The lowest BCUT2D eigenvalue weighted by molar-refractivity contribution is 0.1000. The Morgan fingerprint density at radius 3 is 2.10 bits per heavy atom. The van der Waals surface area contributed by atoms with Crippen LogP contribution in [0.2, 0.25) is 0 Å². The van der Waals surface area contributed by atoms with Gasteiger partial charge in [-0.2, -0.15) is 0 Å². The van der Waals surface area contributed by atoms with Crippen LogP contribution >= 0.6 is 0 Å². The molecule has 0 aliphatic rings. The third-order valence-corrected chi connectivity index (χ3v) is 3.07. The number of carbonyl (C=O) groups excluding carboxylic acids is 1. The lowest BCUT2D eigenvalue weighted by Gasteiger charge is -2.14. The molecule has 104 valence electrons. The van der Waals surface area contributed by atoms with Crippen LogP contribution in [0.4, 0.5) is 0 Å². The van der Waals surface area contributed by atoms with Gasteiger partial charge in [-0.15, -0.1) is 0 Å². The van der Waals surface area contributed by atoms with Crippen molar-refractivity contribution in [3.63, 3.8) is 0 Å². The largest absolute Gasteiger partial charge is 0.388 e. The molecule has 5 nitrogen and oxygen atoms in total. The summed E-state index contributed by atoms with van der Waals surface area (Å²) >= 11 is 0. The number of hydrogen-bond donors (Lipinski definition) is 2. The van der Waals surface area contributed by atoms with Crippen molar-refractivity contribution in [3.05, 3.63) is 47.8 Å². The zero-order valence-corrected chi connectivity index (χ0v) is 11.4. The molecule has 20 heavy (non-hydrogen) atoms. The van der Waals surface area contributed by atoms with Crippen LogP contribution in [0, 0.1) is 5.92 Å². The van der Waals surface area contributed by atoms with E-state index in [1.54, 1.807) is 24.4 Å². The summed E-state index contributed by atoms with van der Waals surface area (Å²) in [5.41, 5.74) is 7.63.